The van der Waals surface area contributed by atoms with E-state index in [1.54, 1.807) is 13.0 Å². The third kappa shape index (κ3) is 4.66. The molecule has 0 aliphatic heterocycles. The number of rotatable bonds is 6. The number of aryl methyl sites for hydroxylation is 2. The number of amides is 1. The molecule has 0 atom stereocenters. The van der Waals surface area contributed by atoms with E-state index in [4.69, 9.17) is 23.2 Å². The number of anilines is 1. The number of nitrogens with zero attached hydrogens (tertiary/aromatic N) is 3. The lowest BCUT2D eigenvalue weighted by atomic mass is 10.2. The molecule has 4 rings (SSSR count). The maximum atomic E-state index is 12.5. The Morgan fingerprint density at radius 2 is 1.84 bits per heavy atom. The van der Waals surface area contributed by atoms with Crippen LogP contribution in [0, 0.1) is 13.8 Å². The number of carbonyl (C=O) groups excluding carboxylic acids is 1. The van der Waals surface area contributed by atoms with Crippen LogP contribution in [0.25, 0.3) is 15.3 Å². The molecule has 0 fully saturated rings. The highest BCUT2D eigenvalue weighted by Crippen LogP contribution is 2.34. The smallest absolute Gasteiger partial charge is 0.226 e. The molecule has 1 amide bonds. The molecule has 7 nitrogen and oxygen atoms in total. The van der Waals surface area contributed by atoms with E-state index in [1.807, 2.05) is 19.1 Å². The topological polar surface area (TPSA) is 94.0 Å². The summed E-state index contributed by atoms with van der Waals surface area (Å²) in [4.78, 5) is 17.3. The van der Waals surface area contributed by atoms with Crippen LogP contribution in [0.3, 0.4) is 0 Å². The van der Waals surface area contributed by atoms with Crippen molar-refractivity contribution in [2.75, 3.05) is 11.1 Å². The van der Waals surface area contributed by atoms with Crippen molar-refractivity contribution in [2.45, 2.75) is 25.2 Å². The summed E-state index contributed by atoms with van der Waals surface area (Å²) in [7, 11) is -3.62. The Bertz CT molecular complexity index is 1390. The van der Waals surface area contributed by atoms with Crippen LogP contribution in [0.4, 0.5) is 5.82 Å². The highest BCUT2D eigenvalue weighted by atomic mass is 35.5. The van der Waals surface area contributed by atoms with Gasteiger partial charge in [-0.1, -0.05) is 40.6 Å². The van der Waals surface area contributed by atoms with Gasteiger partial charge in [0, 0.05) is 17.5 Å². The van der Waals surface area contributed by atoms with Crippen LogP contribution in [0.5, 0.6) is 0 Å². The molecule has 4 aromatic rings. The summed E-state index contributed by atoms with van der Waals surface area (Å²) in [5.74, 6) is -0.369. The number of sulfone groups is 1. The van der Waals surface area contributed by atoms with E-state index in [2.05, 4.69) is 15.4 Å². The van der Waals surface area contributed by atoms with Gasteiger partial charge in [-0.25, -0.2) is 13.4 Å². The molecule has 166 valence electrons. The number of thiazole rings is 1. The number of halogens is 2. The number of carbonyl (C=O) groups is 1. The first-order chi connectivity index (χ1) is 15.1. The summed E-state index contributed by atoms with van der Waals surface area (Å²) in [6.07, 6.45) is -0.208. The first kappa shape index (κ1) is 22.7. The van der Waals surface area contributed by atoms with Gasteiger partial charge >= 0.3 is 0 Å². The summed E-state index contributed by atoms with van der Waals surface area (Å²) >= 11 is 13.5. The van der Waals surface area contributed by atoms with Crippen LogP contribution in [0.2, 0.25) is 10.0 Å². The Hall–Kier alpha value is -2.46. The molecule has 0 bridgehead atoms. The van der Waals surface area contributed by atoms with E-state index in [0.717, 1.165) is 15.8 Å². The van der Waals surface area contributed by atoms with Crippen molar-refractivity contribution in [1.29, 1.82) is 0 Å². The predicted molar refractivity (Wildman–Crippen MR) is 128 cm³/mol. The highest BCUT2D eigenvalue weighted by molar-refractivity contribution is 7.91. The van der Waals surface area contributed by atoms with Gasteiger partial charge < -0.3 is 5.32 Å². The van der Waals surface area contributed by atoms with Gasteiger partial charge in [-0.2, -0.15) is 9.78 Å². The number of fused-ring (bicyclic) bond motifs is 1. The zero-order valence-electron chi connectivity index (χ0n) is 17.1. The second-order valence-corrected chi connectivity index (χ2v) is 11.1. The molecule has 0 saturated heterocycles. The van der Waals surface area contributed by atoms with E-state index in [-0.39, 0.29) is 17.1 Å². The third-order valence-corrected chi connectivity index (χ3v) is 8.21. The molecule has 11 heteroatoms. The van der Waals surface area contributed by atoms with Crippen LogP contribution in [-0.2, 0) is 14.6 Å². The number of hydrogen-bond acceptors (Lipinski definition) is 6. The van der Waals surface area contributed by atoms with Gasteiger partial charge in [-0.3, -0.25) is 4.79 Å². The molecule has 32 heavy (non-hydrogen) atoms. The van der Waals surface area contributed by atoms with Crippen molar-refractivity contribution in [3.63, 3.8) is 0 Å². The fourth-order valence-electron chi connectivity index (χ4n) is 3.11. The Balaban J connectivity index is 1.53. The number of aromatic nitrogens is 3. The summed E-state index contributed by atoms with van der Waals surface area (Å²) in [5, 5.41) is 8.76. The molecular formula is C21H18Cl2N4O3S2. The van der Waals surface area contributed by atoms with Crippen molar-refractivity contribution >= 4 is 66.3 Å². The minimum Gasteiger partial charge on any atom is -0.310 e. The predicted octanol–water partition coefficient (Wildman–Crippen LogP) is 5.21. The second kappa shape index (κ2) is 8.82. The number of hydrogen-bond donors (Lipinski definition) is 1. The Morgan fingerprint density at radius 3 is 2.53 bits per heavy atom. The van der Waals surface area contributed by atoms with Gasteiger partial charge in [0.2, 0.25) is 11.0 Å². The van der Waals surface area contributed by atoms with Crippen LogP contribution in [0.1, 0.15) is 17.7 Å². The zero-order valence-corrected chi connectivity index (χ0v) is 20.2. The van der Waals surface area contributed by atoms with Gasteiger partial charge in [-0.15, -0.1) is 0 Å². The lowest BCUT2D eigenvalue weighted by Crippen LogP contribution is -2.19. The van der Waals surface area contributed by atoms with E-state index < -0.39 is 15.7 Å². The fourth-order valence-corrected chi connectivity index (χ4v) is 5.76. The molecule has 0 saturated carbocycles. The Labute approximate surface area is 198 Å². The van der Waals surface area contributed by atoms with Crippen LogP contribution >= 0.6 is 34.5 Å². The van der Waals surface area contributed by atoms with Gasteiger partial charge in [0.1, 0.15) is 5.82 Å². The SMILES string of the molecule is Cc1cc(NC(=O)CCS(=O)(=O)c2ccc(Cl)cc2)n(-c2nc3c(C)ccc(Cl)c3s2)n1. The lowest BCUT2D eigenvalue weighted by Gasteiger charge is -2.07. The molecular weight excluding hydrogens is 491 g/mol. The molecule has 2 aromatic heterocycles. The normalized spacial score (nSPS) is 11.8. The summed E-state index contributed by atoms with van der Waals surface area (Å²) in [6.45, 7) is 3.74. The first-order valence-corrected chi connectivity index (χ1v) is 12.8. The van der Waals surface area contributed by atoms with Crippen LogP contribution < -0.4 is 5.32 Å². The quantitative estimate of drug-likeness (QED) is 0.385. The molecule has 0 aliphatic carbocycles. The number of nitrogens with one attached hydrogen (secondary N) is 1. The molecule has 0 spiro atoms. The lowest BCUT2D eigenvalue weighted by molar-refractivity contribution is -0.115. The molecule has 0 radical (unpaired) electrons. The minimum atomic E-state index is -3.62. The highest BCUT2D eigenvalue weighted by Gasteiger charge is 2.19. The van der Waals surface area contributed by atoms with E-state index in [1.165, 1.54) is 40.3 Å². The van der Waals surface area contributed by atoms with E-state index in [0.29, 0.717) is 26.7 Å². The average molecular weight is 509 g/mol. The summed E-state index contributed by atoms with van der Waals surface area (Å²) in [6, 6.07) is 11.3. The minimum absolute atomic E-state index is 0.123. The van der Waals surface area contributed by atoms with Crippen molar-refractivity contribution < 1.29 is 13.2 Å². The Morgan fingerprint density at radius 1 is 1.12 bits per heavy atom. The van der Waals surface area contributed by atoms with E-state index in [9.17, 15) is 13.2 Å². The van der Waals surface area contributed by atoms with Gasteiger partial charge in [0.05, 0.1) is 31.6 Å². The molecule has 1 N–H and O–H groups in total. The van der Waals surface area contributed by atoms with E-state index >= 15 is 0 Å². The molecule has 0 aliphatic rings. The van der Waals surface area contributed by atoms with Crippen molar-refractivity contribution in [1.82, 2.24) is 14.8 Å². The van der Waals surface area contributed by atoms with Gasteiger partial charge in [-0.05, 0) is 49.7 Å². The van der Waals surface area contributed by atoms with Gasteiger partial charge in [0.25, 0.3) is 0 Å². The Kier molecular flexibility index (Phi) is 6.26. The summed E-state index contributed by atoms with van der Waals surface area (Å²) in [5.41, 5.74) is 2.43. The van der Waals surface area contributed by atoms with Crippen LogP contribution in [-0.4, -0.2) is 34.8 Å². The maximum absolute atomic E-state index is 12.5. The summed E-state index contributed by atoms with van der Waals surface area (Å²) < 4.78 is 27.4. The second-order valence-electron chi connectivity index (χ2n) is 7.19. The fraction of sp³-hybridized carbons (Fsp3) is 0.190. The average Bonchev–Trinajstić information content (AvgIpc) is 3.34. The van der Waals surface area contributed by atoms with Crippen LogP contribution in [0.15, 0.2) is 47.4 Å². The number of benzene rings is 2. The third-order valence-electron chi connectivity index (χ3n) is 4.74. The van der Waals surface area contributed by atoms with Crippen molar-refractivity contribution in [2.24, 2.45) is 0 Å². The monoisotopic (exact) mass is 508 g/mol. The molecule has 2 heterocycles. The standard InChI is InChI=1S/C21H18Cl2N4O3S2/c1-12-3-8-16(23)20-19(12)25-21(31-20)27-17(11-13(2)26-27)24-18(28)9-10-32(29,30)15-6-4-14(22)5-7-15/h3-8,11H,9-10H2,1-2H3,(H,24,28). The van der Waals surface area contributed by atoms with Gasteiger partial charge in [0.15, 0.2) is 9.84 Å². The van der Waals surface area contributed by atoms with Crippen molar-refractivity contribution in [3.05, 3.63) is 63.8 Å². The van der Waals surface area contributed by atoms with Crippen molar-refractivity contribution in [3.8, 4) is 5.13 Å². The zero-order chi connectivity index (χ0) is 23.0. The molecule has 2 aromatic carbocycles. The maximum Gasteiger partial charge on any atom is 0.226 e. The largest absolute Gasteiger partial charge is 0.310 e. The first-order valence-electron chi connectivity index (χ1n) is 9.55. The molecule has 0 unspecified atom stereocenters.